The zero-order chi connectivity index (χ0) is 35.4. The highest BCUT2D eigenvalue weighted by Crippen LogP contribution is 2.66. The summed E-state index contributed by atoms with van der Waals surface area (Å²) in [7, 11) is 0. The molecular weight excluding hydrogens is 645 g/mol. The summed E-state index contributed by atoms with van der Waals surface area (Å²) in [5.41, 5.74) is 0.617. The second-order valence-corrected chi connectivity index (χ2v) is 14.6. The molecular formula is C40H43F3N2O5. The maximum atomic E-state index is 14.1. The van der Waals surface area contributed by atoms with Crippen molar-refractivity contribution in [2.75, 3.05) is 19.6 Å². The SMILES string of the molecule is CC(=O)Oc1ccc2c3c1OC1C(N(CC(C)C)C(=O)/C=C/c4cccc(C(F)(F)F)c4)CC[C@@]4(O)[C@@H](C2)N(CCc2ccccc2)CC[C@]314. The predicted molar refractivity (Wildman–Crippen MR) is 183 cm³/mol. The molecule has 2 heterocycles. The summed E-state index contributed by atoms with van der Waals surface area (Å²) < 4.78 is 52.7. The van der Waals surface area contributed by atoms with Crippen molar-refractivity contribution in [3.8, 4) is 11.5 Å². The first-order chi connectivity index (χ1) is 23.8. The van der Waals surface area contributed by atoms with Crippen LogP contribution < -0.4 is 9.47 Å². The Bertz CT molecular complexity index is 1810. The average Bonchev–Trinajstić information content (AvgIpc) is 3.43. The van der Waals surface area contributed by atoms with Gasteiger partial charge in [-0.05, 0) is 85.5 Å². The van der Waals surface area contributed by atoms with Gasteiger partial charge in [-0.25, -0.2) is 0 Å². The third kappa shape index (κ3) is 5.80. The molecule has 2 unspecified atom stereocenters. The number of benzene rings is 3. The zero-order valence-electron chi connectivity index (χ0n) is 28.6. The first-order valence-electron chi connectivity index (χ1n) is 17.5. The Morgan fingerprint density at radius 1 is 1.10 bits per heavy atom. The van der Waals surface area contributed by atoms with E-state index in [1.54, 1.807) is 11.0 Å². The van der Waals surface area contributed by atoms with Gasteiger partial charge in [0, 0.05) is 37.7 Å². The standard InChI is InChI=1S/C40H43F3N2O5/c1-25(2)24-45(34(47)15-12-28-10-7-11-30(22-28)40(41,42)43)31-16-18-39(48)33-23-29-13-14-32(49-26(3)46)36-35(29)38(39,37(31)50-36)19-21-44(33)20-17-27-8-5-4-6-9-27/h4-15,22,25,31,33,37,48H,16-21,23-24H2,1-3H3/b15-12+/t31?,33-,37?,38+,39-/m1/s1. The van der Waals surface area contributed by atoms with Crippen LogP contribution in [0.3, 0.4) is 0 Å². The number of carbonyl (C=O) groups is 2. The average molecular weight is 689 g/mol. The third-order valence-corrected chi connectivity index (χ3v) is 11.2. The van der Waals surface area contributed by atoms with E-state index in [2.05, 4.69) is 17.0 Å². The highest BCUT2D eigenvalue weighted by Gasteiger charge is 2.73. The second kappa shape index (κ2) is 12.9. The molecule has 1 spiro atoms. The van der Waals surface area contributed by atoms with Crippen molar-refractivity contribution in [2.24, 2.45) is 5.92 Å². The number of hydrogen-bond acceptors (Lipinski definition) is 6. The van der Waals surface area contributed by atoms with Crippen molar-refractivity contribution in [3.05, 3.63) is 101 Å². The highest BCUT2D eigenvalue weighted by molar-refractivity contribution is 5.92. The van der Waals surface area contributed by atoms with Gasteiger partial charge >= 0.3 is 12.1 Å². The van der Waals surface area contributed by atoms with E-state index in [0.29, 0.717) is 43.7 Å². The lowest BCUT2D eigenvalue weighted by molar-refractivity contribution is -0.201. The molecule has 3 aromatic rings. The Morgan fingerprint density at radius 3 is 2.60 bits per heavy atom. The van der Waals surface area contributed by atoms with E-state index in [1.165, 1.54) is 36.8 Å². The molecule has 2 bridgehead atoms. The number of amides is 1. The summed E-state index contributed by atoms with van der Waals surface area (Å²) in [4.78, 5) is 30.5. The van der Waals surface area contributed by atoms with E-state index in [4.69, 9.17) is 9.47 Å². The summed E-state index contributed by atoms with van der Waals surface area (Å²) in [5, 5.41) is 13.1. The Balaban J connectivity index is 1.26. The van der Waals surface area contributed by atoms with E-state index >= 15 is 0 Å². The number of halogens is 3. The van der Waals surface area contributed by atoms with Crippen LogP contribution in [-0.4, -0.2) is 70.2 Å². The van der Waals surface area contributed by atoms with Crippen molar-refractivity contribution in [1.82, 2.24) is 9.80 Å². The number of alkyl halides is 3. The molecule has 7 rings (SSSR count). The normalized spacial score (nSPS) is 26.8. The van der Waals surface area contributed by atoms with Gasteiger partial charge in [-0.15, -0.1) is 0 Å². The number of nitrogens with zero attached hydrogens (tertiary/aromatic N) is 2. The molecule has 1 saturated heterocycles. The van der Waals surface area contributed by atoms with Crippen LogP contribution in [0.1, 0.15) is 67.9 Å². The number of carbonyl (C=O) groups excluding carboxylic acids is 2. The van der Waals surface area contributed by atoms with Crippen LogP contribution in [0.2, 0.25) is 0 Å². The lowest BCUT2D eigenvalue weighted by atomic mass is 9.48. The quantitative estimate of drug-likeness (QED) is 0.155. The molecule has 10 heteroatoms. The van der Waals surface area contributed by atoms with E-state index in [-0.39, 0.29) is 23.4 Å². The highest BCUT2D eigenvalue weighted by atomic mass is 19.4. The van der Waals surface area contributed by atoms with Gasteiger partial charge in [0.2, 0.25) is 5.91 Å². The molecule has 2 fully saturated rings. The molecule has 3 aromatic carbocycles. The molecule has 1 saturated carbocycles. The first-order valence-corrected chi connectivity index (χ1v) is 17.5. The molecule has 1 amide bonds. The largest absolute Gasteiger partial charge is 0.483 e. The molecule has 1 N–H and O–H groups in total. The Morgan fingerprint density at radius 2 is 1.88 bits per heavy atom. The van der Waals surface area contributed by atoms with Gasteiger partial charge in [0.25, 0.3) is 0 Å². The van der Waals surface area contributed by atoms with Crippen LogP contribution in [0.15, 0.2) is 72.8 Å². The molecule has 4 aliphatic rings. The van der Waals surface area contributed by atoms with Crippen LogP contribution in [0, 0.1) is 5.92 Å². The number of likely N-dealkylation sites (tertiary alicyclic amines) is 1. The molecule has 50 heavy (non-hydrogen) atoms. The molecule has 264 valence electrons. The van der Waals surface area contributed by atoms with Gasteiger partial charge in [0.1, 0.15) is 6.10 Å². The summed E-state index contributed by atoms with van der Waals surface area (Å²) >= 11 is 0. The summed E-state index contributed by atoms with van der Waals surface area (Å²) in [6.07, 6.45) is 0.581. The fraction of sp³-hybridized carbons (Fsp3) is 0.450. The van der Waals surface area contributed by atoms with E-state index in [1.807, 2.05) is 38.1 Å². The smallest absolute Gasteiger partial charge is 0.416 e. The zero-order valence-corrected chi connectivity index (χ0v) is 28.6. The number of piperidine rings is 1. The summed E-state index contributed by atoms with van der Waals surface area (Å²) in [5.74, 6) is 0.0207. The summed E-state index contributed by atoms with van der Waals surface area (Å²) in [6.45, 7) is 7.25. The van der Waals surface area contributed by atoms with Crippen molar-refractivity contribution < 1.29 is 37.3 Å². The molecule has 2 aliphatic heterocycles. The van der Waals surface area contributed by atoms with Gasteiger partial charge in [0.15, 0.2) is 11.5 Å². The minimum atomic E-state index is -4.50. The Labute approximate surface area is 290 Å². The number of rotatable bonds is 9. The molecule has 0 radical (unpaired) electrons. The Kier molecular flexibility index (Phi) is 8.83. The van der Waals surface area contributed by atoms with Gasteiger partial charge in [-0.1, -0.05) is 62.4 Å². The van der Waals surface area contributed by atoms with Gasteiger partial charge in [-0.2, -0.15) is 13.2 Å². The monoisotopic (exact) mass is 688 g/mol. The fourth-order valence-electron chi connectivity index (χ4n) is 9.20. The van der Waals surface area contributed by atoms with Crippen LogP contribution in [0.25, 0.3) is 6.08 Å². The van der Waals surface area contributed by atoms with E-state index < -0.39 is 40.9 Å². The fourth-order valence-corrected chi connectivity index (χ4v) is 9.20. The topological polar surface area (TPSA) is 79.3 Å². The molecule has 7 nitrogen and oxygen atoms in total. The van der Waals surface area contributed by atoms with Crippen LogP contribution in [0.4, 0.5) is 13.2 Å². The lowest BCUT2D eigenvalue weighted by Gasteiger charge is -2.65. The Hall–Kier alpha value is -4.15. The molecule has 5 atom stereocenters. The van der Waals surface area contributed by atoms with Crippen molar-refractivity contribution >= 4 is 18.0 Å². The predicted octanol–water partition coefficient (Wildman–Crippen LogP) is 6.59. The minimum absolute atomic E-state index is 0.0779. The minimum Gasteiger partial charge on any atom is -0.483 e. The molecule has 0 aromatic heterocycles. The number of aliphatic hydroxyl groups is 1. The first kappa shape index (κ1) is 34.3. The van der Waals surface area contributed by atoms with Crippen LogP contribution in [0.5, 0.6) is 11.5 Å². The number of ether oxygens (including phenoxy) is 2. The second-order valence-electron chi connectivity index (χ2n) is 14.6. The summed E-state index contributed by atoms with van der Waals surface area (Å²) in [6, 6.07) is 18.3. The van der Waals surface area contributed by atoms with Crippen LogP contribution >= 0.6 is 0 Å². The lowest BCUT2D eigenvalue weighted by Crippen LogP contribution is -2.78. The molecule has 2 aliphatic carbocycles. The third-order valence-electron chi connectivity index (χ3n) is 11.2. The number of hydrogen-bond donors (Lipinski definition) is 1. The van der Waals surface area contributed by atoms with E-state index in [0.717, 1.165) is 42.8 Å². The van der Waals surface area contributed by atoms with Gasteiger partial charge in [0.05, 0.1) is 22.6 Å². The van der Waals surface area contributed by atoms with Gasteiger partial charge in [-0.3, -0.25) is 14.5 Å². The van der Waals surface area contributed by atoms with Crippen LogP contribution in [-0.2, 0) is 34.0 Å². The van der Waals surface area contributed by atoms with E-state index in [9.17, 15) is 27.9 Å². The maximum Gasteiger partial charge on any atom is 0.416 e. The van der Waals surface area contributed by atoms with Crippen molar-refractivity contribution in [2.45, 2.75) is 88.3 Å². The number of esters is 1. The van der Waals surface area contributed by atoms with Crippen molar-refractivity contribution in [1.29, 1.82) is 0 Å². The maximum absolute atomic E-state index is 14.1. The van der Waals surface area contributed by atoms with Crippen molar-refractivity contribution in [3.63, 3.8) is 0 Å². The van der Waals surface area contributed by atoms with Gasteiger partial charge < -0.3 is 19.5 Å².